The number of rotatable bonds is 3. The number of benzene rings is 2. The number of alkyl halides is 3. The number of amides is 1. The van der Waals surface area contributed by atoms with Gasteiger partial charge in [0.05, 0.1) is 16.8 Å². The molecule has 0 radical (unpaired) electrons. The molecule has 10 heteroatoms. The lowest BCUT2D eigenvalue weighted by Crippen LogP contribution is -2.35. The molecule has 5 nitrogen and oxygen atoms in total. The summed E-state index contributed by atoms with van der Waals surface area (Å²) in [6.45, 7) is 0. The first-order valence-corrected chi connectivity index (χ1v) is 9.72. The van der Waals surface area contributed by atoms with Crippen molar-refractivity contribution in [3.05, 3.63) is 75.9 Å². The van der Waals surface area contributed by atoms with Crippen LogP contribution < -0.4 is 10.6 Å². The summed E-state index contributed by atoms with van der Waals surface area (Å²) in [4.78, 5) is 12.6. The molecule has 1 amide bonds. The molecule has 1 aromatic heterocycles. The SMILES string of the molecule is O=C(Nc1ccccc1Cl)c1cc2n(n1)[C@@H](C(F)(F)F)C[C@H](c1ccc(Cl)cc1)N2. The Balaban J connectivity index is 1.65. The third-order valence-corrected chi connectivity index (χ3v) is 5.40. The van der Waals surface area contributed by atoms with Gasteiger partial charge in [-0.3, -0.25) is 4.79 Å². The average Bonchev–Trinajstić information content (AvgIpc) is 3.13. The van der Waals surface area contributed by atoms with E-state index in [1.165, 1.54) is 6.07 Å². The molecule has 2 aromatic carbocycles. The van der Waals surface area contributed by atoms with Gasteiger partial charge in [-0.1, -0.05) is 47.5 Å². The Morgan fingerprint density at radius 1 is 1.13 bits per heavy atom. The molecule has 0 saturated carbocycles. The van der Waals surface area contributed by atoms with Crippen LogP contribution in [0.25, 0.3) is 0 Å². The van der Waals surface area contributed by atoms with Crippen LogP contribution in [0.15, 0.2) is 54.6 Å². The monoisotopic (exact) mass is 454 g/mol. The Morgan fingerprint density at radius 2 is 1.83 bits per heavy atom. The standard InChI is InChI=1S/C20H15Cl2F3N4O/c21-12-7-5-11(6-8-12)15-9-17(20(23,24)25)29-18(26-15)10-16(28-29)19(30)27-14-4-2-1-3-13(14)22/h1-8,10,15,17,26H,9H2,(H,27,30)/t15-,17-/m1/s1. The average molecular weight is 455 g/mol. The topological polar surface area (TPSA) is 59.0 Å². The van der Waals surface area contributed by atoms with Gasteiger partial charge in [0.15, 0.2) is 11.7 Å². The summed E-state index contributed by atoms with van der Waals surface area (Å²) in [6, 6.07) is 11.9. The van der Waals surface area contributed by atoms with Crippen molar-refractivity contribution in [2.45, 2.75) is 24.7 Å². The molecule has 0 aliphatic carbocycles. The van der Waals surface area contributed by atoms with E-state index in [-0.39, 0.29) is 17.9 Å². The predicted molar refractivity (Wildman–Crippen MR) is 109 cm³/mol. The van der Waals surface area contributed by atoms with Gasteiger partial charge in [0.1, 0.15) is 5.82 Å². The van der Waals surface area contributed by atoms with Crippen molar-refractivity contribution < 1.29 is 18.0 Å². The molecule has 0 fully saturated rings. The molecular weight excluding hydrogens is 440 g/mol. The fraction of sp³-hybridized carbons (Fsp3) is 0.200. The van der Waals surface area contributed by atoms with Gasteiger partial charge < -0.3 is 10.6 Å². The largest absolute Gasteiger partial charge is 0.410 e. The summed E-state index contributed by atoms with van der Waals surface area (Å²) in [5.74, 6) is -0.552. The lowest BCUT2D eigenvalue weighted by Gasteiger charge is -2.33. The lowest BCUT2D eigenvalue weighted by atomic mass is 9.97. The summed E-state index contributed by atoms with van der Waals surface area (Å²) >= 11 is 11.9. The molecule has 0 unspecified atom stereocenters. The molecule has 3 aromatic rings. The van der Waals surface area contributed by atoms with Crippen LogP contribution in [0, 0.1) is 0 Å². The lowest BCUT2D eigenvalue weighted by molar-refractivity contribution is -0.173. The van der Waals surface area contributed by atoms with Gasteiger partial charge in [0, 0.05) is 17.5 Å². The summed E-state index contributed by atoms with van der Waals surface area (Å²) in [6.07, 6.45) is -4.81. The molecule has 2 heterocycles. The maximum atomic E-state index is 13.8. The van der Waals surface area contributed by atoms with Crippen LogP contribution in [-0.4, -0.2) is 21.9 Å². The van der Waals surface area contributed by atoms with E-state index < -0.39 is 24.2 Å². The van der Waals surface area contributed by atoms with E-state index in [0.29, 0.717) is 21.3 Å². The van der Waals surface area contributed by atoms with Crippen molar-refractivity contribution in [2.75, 3.05) is 10.6 Å². The highest BCUT2D eigenvalue weighted by Gasteiger charge is 2.46. The molecule has 0 bridgehead atoms. The zero-order valence-electron chi connectivity index (χ0n) is 15.3. The van der Waals surface area contributed by atoms with Crippen molar-refractivity contribution in [1.82, 2.24) is 9.78 Å². The number of aromatic nitrogens is 2. The maximum absolute atomic E-state index is 13.8. The third kappa shape index (κ3) is 4.11. The first-order valence-electron chi connectivity index (χ1n) is 8.96. The summed E-state index contributed by atoms with van der Waals surface area (Å²) in [5.41, 5.74) is 0.848. The number of fused-ring (bicyclic) bond motifs is 1. The highest BCUT2D eigenvalue weighted by molar-refractivity contribution is 6.33. The van der Waals surface area contributed by atoms with Crippen LogP contribution in [0.1, 0.15) is 34.6 Å². The Hall–Kier alpha value is -2.71. The molecule has 1 aliphatic rings. The van der Waals surface area contributed by atoms with Gasteiger partial charge in [0.25, 0.3) is 5.91 Å². The van der Waals surface area contributed by atoms with Crippen molar-refractivity contribution >= 4 is 40.6 Å². The highest BCUT2D eigenvalue weighted by atomic mass is 35.5. The third-order valence-electron chi connectivity index (χ3n) is 4.82. The van der Waals surface area contributed by atoms with E-state index >= 15 is 0 Å². The van der Waals surface area contributed by atoms with Crippen molar-refractivity contribution in [1.29, 1.82) is 0 Å². The van der Waals surface area contributed by atoms with E-state index in [2.05, 4.69) is 15.7 Å². The number of nitrogens with one attached hydrogen (secondary N) is 2. The minimum Gasteiger partial charge on any atom is -0.363 e. The second-order valence-corrected chi connectivity index (χ2v) is 7.68. The first kappa shape index (κ1) is 20.6. The van der Waals surface area contributed by atoms with Crippen molar-refractivity contribution in [2.24, 2.45) is 0 Å². The summed E-state index contributed by atoms with van der Waals surface area (Å²) in [7, 11) is 0. The van der Waals surface area contributed by atoms with Gasteiger partial charge in [-0.15, -0.1) is 0 Å². The molecule has 0 spiro atoms. The fourth-order valence-electron chi connectivity index (χ4n) is 3.35. The Labute approximate surface area is 179 Å². The number of hydrogen-bond donors (Lipinski definition) is 2. The molecule has 30 heavy (non-hydrogen) atoms. The zero-order valence-corrected chi connectivity index (χ0v) is 16.8. The van der Waals surface area contributed by atoms with Crippen LogP contribution in [0.3, 0.4) is 0 Å². The first-order chi connectivity index (χ1) is 14.2. The number of carbonyl (C=O) groups is 1. The summed E-state index contributed by atoms with van der Waals surface area (Å²) in [5, 5.41) is 10.3. The predicted octanol–water partition coefficient (Wildman–Crippen LogP) is 6.10. The number of para-hydroxylation sites is 1. The Kier molecular flexibility index (Phi) is 5.38. The van der Waals surface area contributed by atoms with E-state index in [9.17, 15) is 18.0 Å². The van der Waals surface area contributed by atoms with Crippen LogP contribution in [0.4, 0.5) is 24.7 Å². The van der Waals surface area contributed by atoms with Gasteiger partial charge in [-0.05, 0) is 29.8 Å². The maximum Gasteiger partial charge on any atom is 0.410 e. The van der Waals surface area contributed by atoms with E-state index in [1.807, 2.05) is 0 Å². The quantitative estimate of drug-likeness (QED) is 0.502. The number of nitrogens with zero attached hydrogens (tertiary/aromatic N) is 2. The van der Waals surface area contributed by atoms with E-state index in [0.717, 1.165) is 4.68 Å². The normalized spacial score (nSPS) is 18.4. The van der Waals surface area contributed by atoms with Crippen LogP contribution in [0.2, 0.25) is 10.0 Å². The molecule has 1 aliphatic heterocycles. The minimum atomic E-state index is -4.54. The van der Waals surface area contributed by atoms with Crippen molar-refractivity contribution in [3.8, 4) is 0 Å². The smallest absolute Gasteiger partial charge is 0.363 e. The summed E-state index contributed by atoms with van der Waals surface area (Å²) < 4.78 is 42.1. The van der Waals surface area contributed by atoms with Crippen LogP contribution in [0.5, 0.6) is 0 Å². The second kappa shape index (κ2) is 7.85. The van der Waals surface area contributed by atoms with Gasteiger partial charge in [-0.25, -0.2) is 4.68 Å². The van der Waals surface area contributed by atoms with Crippen LogP contribution in [-0.2, 0) is 0 Å². The minimum absolute atomic E-state index is 0.104. The van der Waals surface area contributed by atoms with Crippen molar-refractivity contribution in [3.63, 3.8) is 0 Å². The number of anilines is 2. The molecule has 156 valence electrons. The van der Waals surface area contributed by atoms with Gasteiger partial charge >= 0.3 is 6.18 Å². The van der Waals surface area contributed by atoms with E-state index in [1.54, 1.807) is 48.5 Å². The Bertz CT molecular complexity index is 1080. The number of hydrogen-bond acceptors (Lipinski definition) is 3. The fourth-order valence-corrected chi connectivity index (χ4v) is 3.66. The molecular formula is C20H15Cl2F3N4O. The zero-order chi connectivity index (χ0) is 21.5. The number of halogens is 5. The molecule has 0 saturated heterocycles. The second-order valence-electron chi connectivity index (χ2n) is 6.83. The molecule has 2 atom stereocenters. The van der Waals surface area contributed by atoms with Crippen LogP contribution >= 0.6 is 23.2 Å². The highest BCUT2D eigenvalue weighted by Crippen LogP contribution is 2.43. The number of carbonyl (C=O) groups excluding carboxylic acids is 1. The van der Waals surface area contributed by atoms with Gasteiger partial charge in [-0.2, -0.15) is 18.3 Å². The van der Waals surface area contributed by atoms with Gasteiger partial charge in [0.2, 0.25) is 0 Å². The molecule has 2 N–H and O–H groups in total. The molecule has 4 rings (SSSR count). The Morgan fingerprint density at radius 3 is 2.50 bits per heavy atom. The van der Waals surface area contributed by atoms with E-state index in [4.69, 9.17) is 23.2 Å².